The fraction of sp³-hybridized carbons (Fsp3) is 0.250. The second-order valence-corrected chi connectivity index (χ2v) is 5.37. The molecule has 1 N–H and O–H groups in total. The molecular weight excluding hydrogens is 263 g/mol. The zero-order valence-corrected chi connectivity index (χ0v) is 11.5. The first kappa shape index (κ1) is 14.0. The fourth-order valence-corrected chi connectivity index (χ4v) is 2.45. The van der Waals surface area contributed by atoms with Crippen LogP contribution in [0.3, 0.4) is 0 Å². The maximum Gasteiger partial charge on any atom is 0.127 e. The van der Waals surface area contributed by atoms with E-state index in [1.165, 1.54) is 6.07 Å². The molecule has 0 heterocycles. The second-order valence-electron chi connectivity index (χ2n) is 4.97. The molecule has 0 saturated carbocycles. The Bertz CT molecular complexity index is 570. The number of benzene rings is 2. The lowest BCUT2D eigenvalue weighted by atomic mass is 9.78. The lowest BCUT2D eigenvalue weighted by Crippen LogP contribution is -2.30. The predicted octanol–water partition coefficient (Wildman–Crippen LogP) is 3.97. The van der Waals surface area contributed by atoms with Crippen LogP contribution in [0.15, 0.2) is 48.5 Å². The lowest BCUT2D eigenvalue weighted by molar-refractivity contribution is 0.201. The van der Waals surface area contributed by atoms with Crippen LogP contribution in [-0.2, 0) is 11.8 Å². The van der Waals surface area contributed by atoms with Crippen LogP contribution >= 0.6 is 11.6 Å². The van der Waals surface area contributed by atoms with Crippen LogP contribution in [0, 0.1) is 5.82 Å². The fourth-order valence-electron chi connectivity index (χ4n) is 2.25. The summed E-state index contributed by atoms with van der Waals surface area (Å²) in [5.74, 6) is -0.300. The molecule has 0 saturated heterocycles. The van der Waals surface area contributed by atoms with Crippen molar-refractivity contribution in [3.8, 4) is 0 Å². The number of hydrogen-bond acceptors (Lipinski definition) is 1. The topological polar surface area (TPSA) is 20.2 Å². The van der Waals surface area contributed by atoms with Crippen molar-refractivity contribution >= 4 is 11.6 Å². The Balaban J connectivity index is 2.39. The zero-order chi connectivity index (χ0) is 13.9. The molecular formula is C16H16ClFO. The molecule has 0 bridgehead atoms. The van der Waals surface area contributed by atoms with Crippen molar-refractivity contribution < 1.29 is 9.50 Å². The summed E-state index contributed by atoms with van der Waals surface area (Å²) in [6.45, 7) is 1.70. The Morgan fingerprint density at radius 2 is 1.74 bits per heavy atom. The van der Waals surface area contributed by atoms with Crippen molar-refractivity contribution in [3.63, 3.8) is 0 Å². The van der Waals surface area contributed by atoms with Crippen molar-refractivity contribution in [2.45, 2.75) is 18.8 Å². The number of aliphatic hydroxyl groups excluding tert-OH is 1. The highest BCUT2D eigenvalue weighted by molar-refractivity contribution is 6.31. The molecule has 0 aromatic heterocycles. The molecule has 0 radical (unpaired) electrons. The summed E-state index contributed by atoms with van der Waals surface area (Å²) >= 11 is 6.14. The Labute approximate surface area is 117 Å². The van der Waals surface area contributed by atoms with Crippen LogP contribution in [0.2, 0.25) is 5.02 Å². The van der Waals surface area contributed by atoms with E-state index in [2.05, 4.69) is 0 Å². The van der Waals surface area contributed by atoms with Crippen LogP contribution in [-0.4, -0.2) is 11.7 Å². The Morgan fingerprint density at radius 3 is 2.37 bits per heavy atom. The average molecular weight is 279 g/mol. The summed E-state index contributed by atoms with van der Waals surface area (Å²) in [7, 11) is 0. The van der Waals surface area contributed by atoms with Crippen molar-refractivity contribution in [3.05, 3.63) is 70.5 Å². The van der Waals surface area contributed by atoms with Gasteiger partial charge in [-0.25, -0.2) is 4.39 Å². The molecule has 100 valence electrons. The van der Waals surface area contributed by atoms with Crippen molar-refractivity contribution in [1.82, 2.24) is 0 Å². The molecule has 0 spiro atoms. The van der Waals surface area contributed by atoms with Gasteiger partial charge in [-0.2, -0.15) is 0 Å². The van der Waals surface area contributed by atoms with Crippen LogP contribution in [0.5, 0.6) is 0 Å². The summed E-state index contributed by atoms with van der Waals surface area (Å²) in [5, 5.41) is 10.3. The second kappa shape index (κ2) is 5.72. The molecule has 2 rings (SSSR count). The van der Waals surface area contributed by atoms with Gasteiger partial charge in [-0.05, 0) is 29.7 Å². The van der Waals surface area contributed by atoms with E-state index in [9.17, 15) is 9.50 Å². The van der Waals surface area contributed by atoms with Crippen LogP contribution in [0.25, 0.3) is 0 Å². The molecule has 19 heavy (non-hydrogen) atoms. The standard InChI is InChI=1S/C16H16ClFO/c1-16(11-19,13-7-3-5-9-15(13)18)10-12-6-2-4-8-14(12)17/h2-9,19H,10-11H2,1H3. The molecule has 0 aliphatic heterocycles. The van der Waals surface area contributed by atoms with E-state index in [1.54, 1.807) is 24.3 Å². The third-order valence-corrected chi connectivity index (χ3v) is 3.78. The van der Waals surface area contributed by atoms with Gasteiger partial charge in [0.2, 0.25) is 0 Å². The number of rotatable bonds is 4. The SMILES string of the molecule is CC(CO)(Cc1ccccc1Cl)c1ccccc1F. The Morgan fingerprint density at radius 1 is 1.11 bits per heavy atom. The van der Waals surface area contributed by atoms with Gasteiger partial charge in [0, 0.05) is 10.4 Å². The summed E-state index contributed by atoms with van der Waals surface area (Å²) in [5.41, 5.74) is 0.734. The Kier molecular flexibility index (Phi) is 4.23. The molecule has 0 amide bonds. The highest BCUT2D eigenvalue weighted by atomic mass is 35.5. The Hall–Kier alpha value is -1.38. The van der Waals surface area contributed by atoms with Gasteiger partial charge in [-0.1, -0.05) is 54.9 Å². The van der Waals surface area contributed by atoms with Crippen molar-refractivity contribution in [2.75, 3.05) is 6.61 Å². The third kappa shape index (κ3) is 2.96. The highest BCUT2D eigenvalue weighted by Gasteiger charge is 2.29. The lowest BCUT2D eigenvalue weighted by Gasteiger charge is -2.29. The van der Waals surface area contributed by atoms with Crippen LogP contribution in [0.1, 0.15) is 18.1 Å². The molecule has 0 fully saturated rings. The smallest absolute Gasteiger partial charge is 0.127 e. The van der Waals surface area contributed by atoms with Gasteiger partial charge in [-0.15, -0.1) is 0 Å². The summed E-state index contributed by atoms with van der Waals surface area (Å²) in [4.78, 5) is 0. The van der Waals surface area contributed by atoms with Gasteiger partial charge < -0.3 is 5.11 Å². The molecule has 1 atom stereocenters. The molecule has 1 unspecified atom stereocenters. The van der Waals surface area contributed by atoms with E-state index in [-0.39, 0.29) is 12.4 Å². The van der Waals surface area contributed by atoms with E-state index in [0.29, 0.717) is 17.0 Å². The number of halogens is 2. The van der Waals surface area contributed by atoms with Gasteiger partial charge in [0.1, 0.15) is 5.82 Å². The molecule has 3 heteroatoms. The molecule has 1 nitrogen and oxygen atoms in total. The quantitative estimate of drug-likeness (QED) is 0.897. The van der Waals surface area contributed by atoms with Gasteiger partial charge in [-0.3, -0.25) is 0 Å². The largest absolute Gasteiger partial charge is 0.395 e. The minimum absolute atomic E-state index is 0.140. The first-order chi connectivity index (χ1) is 9.07. The highest BCUT2D eigenvalue weighted by Crippen LogP contribution is 2.31. The van der Waals surface area contributed by atoms with Gasteiger partial charge >= 0.3 is 0 Å². The molecule has 0 aliphatic rings. The first-order valence-electron chi connectivity index (χ1n) is 6.16. The summed E-state index contributed by atoms with van der Waals surface area (Å²) in [6.07, 6.45) is 0.490. The maximum atomic E-state index is 13.9. The van der Waals surface area contributed by atoms with Gasteiger partial charge in [0.05, 0.1) is 6.61 Å². The first-order valence-corrected chi connectivity index (χ1v) is 6.54. The van der Waals surface area contributed by atoms with Crippen molar-refractivity contribution in [1.29, 1.82) is 0 Å². The summed E-state index contributed by atoms with van der Waals surface area (Å²) in [6, 6.07) is 14.0. The van der Waals surface area contributed by atoms with E-state index >= 15 is 0 Å². The van der Waals surface area contributed by atoms with Crippen molar-refractivity contribution in [2.24, 2.45) is 0 Å². The van der Waals surface area contributed by atoms with E-state index in [0.717, 1.165) is 5.56 Å². The summed E-state index contributed by atoms with van der Waals surface area (Å²) < 4.78 is 13.9. The van der Waals surface area contributed by atoms with Gasteiger partial charge in [0.25, 0.3) is 0 Å². The van der Waals surface area contributed by atoms with Crippen LogP contribution < -0.4 is 0 Å². The van der Waals surface area contributed by atoms with E-state index in [1.807, 2.05) is 25.1 Å². The minimum atomic E-state index is -0.684. The van der Waals surface area contributed by atoms with Crippen LogP contribution in [0.4, 0.5) is 4.39 Å². The van der Waals surface area contributed by atoms with Gasteiger partial charge in [0.15, 0.2) is 0 Å². The minimum Gasteiger partial charge on any atom is -0.395 e. The zero-order valence-electron chi connectivity index (χ0n) is 10.7. The average Bonchev–Trinajstić information content (AvgIpc) is 2.42. The third-order valence-electron chi connectivity index (χ3n) is 3.41. The van der Waals surface area contributed by atoms with E-state index in [4.69, 9.17) is 11.6 Å². The normalized spacial score (nSPS) is 14.1. The monoisotopic (exact) mass is 278 g/mol. The number of hydrogen-bond donors (Lipinski definition) is 1. The maximum absolute atomic E-state index is 13.9. The number of aliphatic hydroxyl groups is 1. The predicted molar refractivity (Wildman–Crippen MR) is 76.0 cm³/mol. The molecule has 2 aromatic carbocycles. The molecule has 0 aliphatic carbocycles. The molecule has 2 aromatic rings. The van der Waals surface area contributed by atoms with E-state index < -0.39 is 5.41 Å².